The number of benzene rings is 1. The van der Waals surface area contributed by atoms with E-state index in [0.717, 1.165) is 6.07 Å². The van der Waals surface area contributed by atoms with E-state index in [1.165, 1.54) is 19.3 Å². The predicted molar refractivity (Wildman–Crippen MR) is 69.0 cm³/mol. The number of nitrogens with one attached hydrogen (secondary N) is 2. The molecule has 0 fully saturated rings. The van der Waals surface area contributed by atoms with E-state index in [-0.39, 0.29) is 17.3 Å². The normalized spacial score (nSPS) is 11.3. The molecule has 0 aliphatic carbocycles. The Hall–Kier alpha value is -2.64. The quantitative estimate of drug-likeness (QED) is 0.676. The fraction of sp³-hybridized carbons (Fsp3) is 0.143. The van der Waals surface area contributed by atoms with Crippen LogP contribution < -0.4 is 5.32 Å². The van der Waals surface area contributed by atoms with E-state index in [1.54, 1.807) is 0 Å². The van der Waals surface area contributed by atoms with Gasteiger partial charge in [0.05, 0.1) is 11.1 Å². The van der Waals surface area contributed by atoms with Gasteiger partial charge in [-0.25, -0.2) is 4.39 Å². The SMILES string of the molecule is CNC(=O)c1cc(C(=O)c2ccc(C(F)(F)F)cc2F)c[nH]1. The van der Waals surface area contributed by atoms with Crippen molar-refractivity contribution < 1.29 is 27.2 Å². The van der Waals surface area contributed by atoms with Gasteiger partial charge in [0.1, 0.15) is 11.5 Å². The molecule has 8 heteroatoms. The van der Waals surface area contributed by atoms with E-state index in [1.807, 2.05) is 0 Å². The van der Waals surface area contributed by atoms with Crippen LogP contribution in [0, 0.1) is 5.82 Å². The molecule has 2 rings (SSSR count). The highest BCUT2D eigenvalue weighted by Gasteiger charge is 2.31. The molecule has 0 saturated carbocycles. The highest BCUT2D eigenvalue weighted by Crippen LogP contribution is 2.30. The maximum Gasteiger partial charge on any atom is 0.416 e. The molecule has 22 heavy (non-hydrogen) atoms. The molecule has 4 nitrogen and oxygen atoms in total. The molecule has 116 valence electrons. The minimum atomic E-state index is -4.69. The zero-order valence-electron chi connectivity index (χ0n) is 11.2. The Morgan fingerprint density at radius 2 is 1.86 bits per heavy atom. The number of rotatable bonds is 3. The van der Waals surface area contributed by atoms with Gasteiger partial charge in [0.2, 0.25) is 0 Å². The lowest BCUT2D eigenvalue weighted by atomic mass is 10.0. The van der Waals surface area contributed by atoms with Crippen LogP contribution in [0.1, 0.15) is 32.0 Å². The number of alkyl halides is 3. The summed E-state index contributed by atoms with van der Waals surface area (Å²) in [6.07, 6.45) is -3.51. The lowest BCUT2D eigenvalue weighted by Crippen LogP contribution is -2.17. The lowest BCUT2D eigenvalue weighted by Gasteiger charge is -2.08. The molecular weight excluding hydrogens is 304 g/mol. The average Bonchev–Trinajstić information content (AvgIpc) is 2.94. The number of carbonyl (C=O) groups excluding carboxylic acids is 2. The summed E-state index contributed by atoms with van der Waals surface area (Å²) < 4.78 is 51.1. The predicted octanol–water partition coefficient (Wildman–Crippen LogP) is 2.76. The van der Waals surface area contributed by atoms with Gasteiger partial charge < -0.3 is 10.3 Å². The molecule has 0 spiro atoms. The van der Waals surface area contributed by atoms with Crippen LogP contribution in [0.2, 0.25) is 0 Å². The topological polar surface area (TPSA) is 62.0 Å². The van der Waals surface area contributed by atoms with Crippen LogP contribution in [0.5, 0.6) is 0 Å². The second-order valence-corrected chi connectivity index (χ2v) is 4.40. The smallest absolute Gasteiger partial charge is 0.356 e. The maximum atomic E-state index is 13.7. The van der Waals surface area contributed by atoms with Gasteiger partial charge in [0.15, 0.2) is 5.78 Å². The van der Waals surface area contributed by atoms with E-state index >= 15 is 0 Å². The molecular formula is C14H10F4N2O2. The molecule has 1 aromatic carbocycles. The van der Waals surface area contributed by atoms with Gasteiger partial charge in [-0.05, 0) is 24.3 Å². The van der Waals surface area contributed by atoms with Crippen LogP contribution in [-0.4, -0.2) is 23.7 Å². The summed E-state index contributed by atoms with van der Waals surface area (Å²) >= 11 is 0. The standard InChI is InChI=1S/C14H10F4N2O2/c1-19-13(22)11-4-7(6-20-11)12(21)9-3-2-8(5-10(9)15)14(16,17)18/h2-6,20H,1H3,(H,19,22). The molecule has 1 heterocycles. The Morgan fingerprint density at radius 3 is 2.41 bits per heavy atom. The third-order valence-electron chi connectivity index (χ3n) is 2.96. The van der Waals surface area contributed by atoms with Gasteiger partial charge >= 0.3 is 6.18 Å². The molecule has 2 aromatic rings. The van der Waals surface area contributed by atoms with Crippen molar-refractivity contribution in [3.05, 3.63) is 58.7 Å². The summed E-state index contributed by atoms with van der Waals surface area (Å²) in [6.45, 7) is 0. The van der Waals surface area contributed by atoms with Crippen molar-refractivity contribution in [1.29, 1.82) is 0 Å². The average molecular weight is 314 g/mol. The molecule has 1 amide bonds. The Balaban J connectivity index is 2.34. The molecule has 0 radical (unpaired) electrons. The third-order valence-corrected chi connectivity index (χ3v) is 2.96. The first-order valence-corrected chi connectivity index (χ1v) is 6.06. The first-order chi connectivity index (χ1) is 10.2. The van der Waals surface area contributed by atoms with Crippen molar-refractivity contribution >= 4 is 11.7 Å². The molecule has 0 unspecified atom stereocenters. The van der Waals surface area contributed by atoms with E-state index in [2.05, 4.69) is 10.3 Å². The highest BCUT2D eigenvalue weighted by molar-refractivity contribution is 6.10. The van der Waals surface area contributed by atoms with Crippen molar-refractivity contribution in [1.82, 2.24) is 10.3 Å². The summed E-state index contributed by atoms with van der Waals surface area (Å²) in [5, 5.41) is 2.33. The zero-order chi connectivity index (χ0) is 16.5. The van der Waals surface area contributed by atoms with Gasteiger partial charge in [-0.3, -0.25) is 9.59 Å². The molecule has 1 aromatic heterocycles. The van der Waals surface area contributed by atoms with E-state index < -0.39 is 34.8 Å². The van der Waals surface area contributed by atoms with Gasteiger partial charge in [-0.15, -0.1) is 0 Å². The summed E-state index contributed by atoms with van der Waals surface area (Å²) in [5.74, 6) is -2.58. The number of hydrogen-bond donors (Lipinski definition) is 2. The van der Waals surface area contributed by atoms with Crippen molar-refractivity contribution in [2.75, 3.05) is 7.05 Å². The van der Waals surface area contributed by atoms with Crippen molar-refractivity contribution in [2.45, 2.75) is 6.18 Å². The Kier molecular flexibility index (Phi) is 4.03. The second-order valence-electron chi connectivity index (χ2n) is 4.40. The van der Waals surface area contributed by atoms with Crippen LogP contribution in [0.4, 0.5) is 17.6 Å². The fourth-order valence-electron chi connectivity index (χ4n) is 1.82. The summed E-state index contributed by atoms with van der Waals surface area (Å²) in [7, 11) is 1.39. The van der Waals surface area contributed by atoms with Gasteiger partial charge in [0, 0.05) is 18.8 Å². The van der Waals surface area contributed by atoms with E-state index in [0.29, 0.717) is 6.07 Å². The fourth-order valence-corrected chi connectivity index (χ4v) is 1.82. The number of halogens is 4. The van der Waals surface area contributed by atoms with Crippen LogP contribution in [0.25, 0.3) is 0 Å². The van der Waals surface area contributed by atoms with Gasteiger partial charge in [-0.1, -0.05) is 0 Å². The third kappa shape index (κ3) is 3.00. The number of amides is 1. The largest absolute Gasteiger partial charge is 0.416 e. The van der Waals surface area contributed by atoms with Crippen LogP contribution in [-0.2, 0) is 6.18 Å². The molecule has 0 bridgehead atoms. The number of aromatic amines is 1. The first-order valence-electron chi connectivity index (χ1n) is 6.06. The van der Waals surface area contributed by atoms with Crippen molar-refractivity contribution in [2.24, 2.45) is 0 Å². The molecule has 2 N–H and O–H groups in total. The lowest BCUT2D eigenvalue weighted by molar-refractivity contribution is -0.137. The van der Waals surface area contributed by atoms with Crippen LogP contribution in [0.3, 0.4) is 0 Å². The minimum Gasteiger partial charge on any atom is -0.356 e. The Bertz CT molecular complexity index is 735. The summed E-state index contributed by atoms with van der Waals surface area (Å²) in [6, 6.07) is 2.85. The van der Waals surface area contributed by atoms with Gasteiger partial charge in [0.25, 0.3) is 5.91 Å². The molecule has 0 saturated heterocycles. The minimum absolute atomic E-state index is 0.0303. The Morgan fingerprint density at radius 1 is 1.18 bits per heavy atom. The number of ketones is 1. The second kappa shape index (κ2) is 5.63. The van der Waals surface area contributed by atoms with Crippen LogP contribution >= 0.6 is 0 Å². The summed E-state index contributed by atoms with van der Waals surface area (Å²) in [4.78, 5) is 26.0. The monoisotopic (exact) mass is 314 g/mol. The number of H-pyrrole nitrogens is 1. The number of hydrogen-bond acceptors (Lipinski definition) is 2. The van der Waals surface area contributed by atoms with E-state index in [4.69, 9.17) is 0 Å². The molecule has 0 aliphatic rings. The molecule has 0 aliphatic heterocycles. The Labute approximate surface area is 122 Å². The van der Waals surface area contributed by atoms with Gasteiger partial charge in [-0.2, -0.15) is 13.2 Å². The first kappa shape index (κ1) is 15.7. The molecule has 0 atom stereocenters. The zero-order valence-corrected chi connectivity index (χ0v) is 11.2. The maximum absolute atomic E-state index is 13.7. The number of carbonyl (C=O) groups is 2. The van der Waals surface area contributed by atoms with E-state index in [9.17, 15) is 27.2 Å². The van der Waals surface area contributed by atoms with Crippen LogP contribution in [0.15, 0.2) is 30.5 Å². The number of aromatic nitrogens is 1. The van der Waals surface area contributed by atoms with Crippen molar-refractivity contribution in [3.8, 4) is 0 Å². The van der Waals surface area contributed by atoms with Crippen molar-refractivity contribution in [3.63, 3.8) is 0 Å². The highest BCUT2D eigenvalue weighted by atomic mass is 19.4. The summed E-state index contributed by atoms with van der Waals surface area (Å²) in [5.41, 5.74) is -1.63.